The summed E-state index contributed by atoms with van der Waals surface area (Å²) in [4.78, 5) is 16.0. The first kappa shape index (κ1) is 23.4. The molecule has 3 N–H and O–H groups in total. The zero-order valence-corrected chi connectivity index (χ0v) is 19.7. The molecule has 0 aliphatic heterocycles. The number of halogens is 2. The second-order valence-electron chi connectivity index (χ2n) is 5.95. The Bertz CT molecular complexity index is 795. The molecule has 0 heterocycles. The summed E-state index contributed by atoms with van der Waals surface area (Å²) in [5.74, 6) is 0.692. The predicted octanol–water partition coefficient (Wildman–Crippen LogP) is 3.64. The second-order valence-corrected chi connectivity index (χ2v) is 6.87. The van der Waals surface area contributed by atoms with Gasteiger partial charge in [-0.15, -0.1) is 24.0 Å². The monoisotopic (exact) mass is 544 g/mol. The molecule has 0 spiro atoms. The van der Waals surface area contributed by atoms with Crippen LogP contribution in [0, 0.1) is 6.92 Å². The van der Waals surface area contributed by atoms with Gasteiger partial charge in [0.1, 0.15) is 0 Å². The molecule has 0 saturated heterocycles. The lowest BCUT2D eigenvalue weighted by Gasteiger charge is -2.13. The van der Waals surface area contributed by atoms with Crippen LogP contribution in [0.25, 0.3) is 0 Å². The minimum Gasteiger partial charge on any atom is -0.356 e. The van der Waals surface area contributed by atoms with Gasteiger partial charge in [0.25, 0.3) is 5.91 Å². The summed E-state index contributed by atoms with van der Waals surface area (Å²) in [6.45, 7) is 3.54. The van der Waals surface area contributed by atoms with Crippen molar-refractivity contribution in [3.8, 4) is 0 Å². The van der Waals surface area contributed by atoms with Crippen molar-refractivity contribution in [1.29, 1.82) is 0 Å². The van der Waals surface area contributed by atoms with Gasteiger partial charge in [-0.2, -0.15) is 0 Å². The third kappa shape index (κ3) is 7.50. The van der Waals surface area contributed by atoms with Crippen LogP contribution in [-0.2, 0) is 13.0 Å². The number of aliphatic imine (C=N–C) groups is 1. The number of guanidine groups is 1. The molecule has 0 radical (unpaired) electrons. The van der Waals surface area contributed by atoms with E-state index in [-0.39, 0.29) is 29.9 Å². The molecule has 0 unspecified atom stereocenters. The van der Waals surface area contributed by atoms with Crippen molar-refractivity contribution in [2.24, 2.45) is 4.99 Å². The van der Waals surface area contributed by atoms with E-state index in [1.165, 1.54) is 11.1 Å². The second kappa shape index (κ2) is 12.0. The number of carbonyl (C=O) groups is 1. The first-order valence-corrected chi connectivity index (χ1v) is 9.33. The van der Waals surface area contributed by atoms with Crippen LogP contribution >= 0.6 is 39.9 Å². The van der Waals surface area contributed by atoms with Gasteiger partial charge in [0.15, 0.2) is 5.96 Å². The van der Waals surface area contributed by atoms with Crippen LogP contribution in [0.4, 0.5) is 0 Å². The van der Waals surface area contributed by atoms with Crippen molar-refractivity contribution in [2.45, 2.75) is 19.9 Å². The van der Waals surface area contributed by atoms with Crippen molar-refractivity contribution in [3.63, 3.8) is 0 Å². The Kier molecular flexibility index (Phi) is 10.4. The molecule has 2 aromatic rings. The number of nitrogens with one attached hydrogen (secondary N) is 3. The number of benzene rings is 2. The number of hydrogen-bond donors (Lipinski definition) is 3. The van der Waals surface area contributed by atoms with E-state index in [1.54, 1.807) is 14.1 Å². The maximum atomic E-state index is 11.7. The van der Waals surface area contributed by atoms with Gasteiger partial charge in [0, 0.05) is 37.2 Å². The molecule has 0 fully saturated rings. The summed E-state index contributed by atoms with van der Waals surface area (Å²) in [6.07, 6.45) is 0.808. The van der Waals surface area contributed by atoms with Crippen molar-refractivity contribution in [3.05, 3.63) is 69.2 Å². The van der Waals surface area contributed by atoms with Crippen LogP contribution in [0.3, 0.4) is 0 Å². The van der Waals surface area contributed by atoms with Gasteiger partial charge in [-0.25, -0.2) is 0 Å². The lowest BCUT2D eigenvalue weighted by Crippen LogP contribution is -2.38. The fraction of sp³-hybridized carbons (Fsp3) is 0.300. The average molecular weight is 545 g/mol. The minimum atomic E-state index is -0.0675. The van der Waals surface area contributed by atoms with Crippen LogP contribution in [0.5, 0.6) is 0 Å². The smallest absolute Gasteiger partial charge is 0.251 e. The van der Waals surface area contributed by atoms with E-state index in [0.717, 1.165) is 29.0 Å². The van der Waals surface area contributed by atoms with Crippen LogP contribution in [0.1, 0.15) is 27.0 Å². The van der Waals surface area contributed by atoms with Crippen molar-refractivity contribution < 1.29 is 4.79 Å². The Labute approximate surface area is 186 Å². The largest absolute Gasteiger partial charge is 0.356 e. The molecule has 0 aliphatic carbocycles. The molecule has 27 heavy (non-hydrogen) atoms. The normalized spacial score (nSPS) is 10.7. The molecule has 1 amide bonds. The summed E-state index contributed by atoms with van der Waals surface area (Å²) >= 11 is 3.48. The van der Waals surface area contributed by atoms with E-state index in [1.807, 2.05) is 30.3 Å². The molecule has 0 aliphatic rings. The molecule has 5 nitrogen and oxygen atoms in total. The number of amides is 1. The van der Waals surface area contributed by atoms with Crippen LogP contribution in [0.2, 0.25) is 0 Å². The van der Waals surface area contributed by atoms with E-state index in [9.17, 15) is 4.79 Å². The summed E-state index contributed by atoms with van der Waals surface area (Å²) in [7, 11) is 3.40. The van der Waals surface area contributed by atoms with Crippen molar-refractivity contribution in [2.75, 3.05) is 20.6 Å². The maximum absolute atomic E-state index is 11.7. The highest BCUT2D eigenvalue weighted by Gasteiger charge is 2.05. The van der Waals surface area contributed by atoms with Gasteiger partial charge >= 0.3 is 0 Å². The molecular formula is C20H26BrIN4O. The zero-order valence-electron chi connectivity index (χ0n) is 15.8. The standard InChI is InChI=1S/C20H25BrN4O.HI/c1-14-11-18(21)8-7-17(14)13-25-20(23-3)24-10-9-15-5-4-6-16(12-15)19(26)22-2;/h4-8,11-12H,9-10,13H2,1-3H3,(H,22,26)(H2,23,24,25);1H. The first-order valence-electron chi connectivity index (χ1n) is 8.54. The van der Waals surface area contributed by atoms with Gasteiger partial charge in [-0.3, -0.25) is 9.79 Å². The highest BCUT2D eigenvalue weighted by atomic mass is 127. The zero-order chi connectivity index (χ0) is 18.9. The third-order valence-corrected chi connectivity index (χ3v) is 4.59. The Morgan fingerprint density at radius 1 is 1.15 bits per heavy atom. The van der Waals surface area contributed by atoms with Gasteiger partial charge in [0.05, 0.1) is 0 Å². The number of hydrogen-bond acceptors (Lipinski definition) is 2. The summed E-state index contributed by atoms with van der Waals surface area (Å²) in [6, 6.07) is 13.9. The van der Waals surface area contributed by atoms with Gasteiger partial charge in [-0.1, -0.05) is 34.1 Å². The minimum absolute atomic E-state index is 0. The highest BCUT2D eigenvalue weighted by molar-refractivity contribution is 14.0. The molecule has 7 heteroatoms. The Hall–Kier alpha value is -1.61. The van der Waals surface area contributed by atoms with Gasteiger partial charge < -0.3 is 16.0 Å². The van der Waals surface area contributed by atoms with Crippen LogP contribution in [-0.4, -0.2) is 32.5 Å². The summed E-state index contributed by atoms with van der Waals surface area (Å²) in [5.41, 5.74) is 4.25. The molecule has 2 aromatic carbocycles. The Morgan fingerprint density at radius 2 is 1.93 bits per heavy atom. The quantitative estimate of drug-likeness (QED) is 0.295. The van der Waals surface area contributed by atoms with Crippen molar-refractivity contribution >= 4 is 51.8 Å². The van der Waals surface area contributed by atoms with Crippen LogP contribution < -0.4 is 16.0 Å². The number of nitrogens with zero attached hydrogens (tertiary/aromatic N) is 1. The molecule has 2 rings (SSSR count). The molecule has 0 saturated carbocycles. The SMILES string of the molecule is CN=C(NCCc1cccc(C(=O)NC)c1)NCc1ccc(Br)cc1C.I. The first-order chi connectivity index (χ1) is 12.5. The summed E-state index contributed by atoms with van der Waals surface area (Å²) < 4.78 is 1.08. The topological polar surface area (TPSA) is 65.5 Å². The molecule has 0 atom stereocenters. The molecule has 0 bridgehead atoms. The molecular weight excluding hydrogens is 519 g/mol. The Morgan fingerprint density at radius 3 is 2.59 bits per heavy atom. The van der Waals surface area contributed by atoms with E-state index < -0.39 is 0 Å². The predicted molar refractivity (Wildman–Crippen MR) is 126 cm³/mol. The van der Waals surface area contributed by atoms with E-state index >= 15 is 0 Å². The maximum Gasteiger partial charge on any atom is 0.251 e. The van der Waals surface area contributed by atoms with E-state index in [2.05, 4.69) is 55.9 Å². The molecule has 0 aromatic heterocycles. The fourth-order valence-corrected chi connectivity index (χ4v) is 3.07. The summed E-state index contributed by atoms with van der Waals surface area (Å²) in [5, 5.41) is 9.29. The highest BCUT2D eigenvalue weighted by Crippen LogP contribution is 2.15. The van der Waals surface area contributed by atoms with Gasteiger partial charge in [-0.05, 0) is 54.3 Å². The van der Waals surface area contributed by atoms with Crippen LogP contribution in [0.15, 0.2) is 51.9 Å². The lowest BCUT2D eigenvalue weighted by molar-refractivity contribution is 0.0963. The van der Waals surface area contributed by atoms with E-state index in [4.69, 9.17) is 0 Å². The number of rotatable bonds is 6. The van der Waals surface area contributed by atoms with E-state index in [0.29, 0.717) is 12.1 Å². The molecule has 146 valence electrons. The van der Waals surface area contributed by atoms with Crippen molar-refractivity contribution in [1.82, 2.24) is 16.0 Å². The number of aryl methyl sites for hydroxylation is 1. The Balaban J connectivity index is 0.00000364. The third-order valence-electron chi connectivity index (χ3n) is 4.10. The average Bonchev–Trinajstić information content (AvgIpc) is 2.65. The lowest BCUT2D eigenvalue weighted by atomic mass is 10.1. The van der Waals surface area contributed by atoms with Gasteiger partial charge in [0.2, 0.25) is 0 Å². The fourth-order valence-electron chi connectivity index (χ4n) is 2.59. The number of carbonyl (C=O) groups excluding carboxylic acids is 1.